The number of hydrogen-bond acceptors (Lipinski definition) is 4. The van der Waals surface area contributed by atoms with E-state index in [1.54, 1.807) is 24.3 Å². The minimum atomic E-state index is -3.47. The van der Waals surface area contributed by atoms with Crippen LogP contribution in [0.5, 0.6) is 0 Å². The van der Waals surface area contributed by atoms with E-state index in [1.165, 1.54) is 19.3 Å². The van der Waals surface area contributed by atoms with Crippen molar-refractivity contribution in [3.05, 3.63) is 24.3 Å². The third kappa shape index (κ3) is 4.10. The SMILES string of the molecule is O=C(Nc1ccc(S(=O)(=O)NCC2CC2)cc1)C1CC2CCCCC2N1. The van der Waals surface area contributed by atoms with Gasteiger partial charge in [0.1, 0.15) is 0 Å². The van der Waals surface area contributed by atoms with Crippen LogP contribution in [0.3, 0.4) is 0 Å². The summed E-state index contributed by atoms with van der Waals surface area (Å²) in [7, 11) is -3.47. The van der Waals surface area contributed by atoms with Crippen molar-refractivity contribution in [3.8, 4) is 0 Å². The van der Waals surface area contributed by atoms with Crippen molar-refractivity contribution in [2.24, 2.45) is 11.8 Å². The molecule has 0 spiro atoms. The van der Waals surface area contributed by atoms with Gasteiger partial charge in [-0.2, -0.15) is 0 Å². The first kappa shape index (κ1) is 17.9. The largest absolute Gasteiger partial charge is 0.325 e. The number of amides is 1. The molecule has 1 aliphatic heterocycles. The van der Waals surface area contributed by atoms with Crippen LogP contribution in [0.25, 0.3) is 0 Å². The van der Waals surface area contributed by atoms with Gasteiger partial charge in [-0.25, -0.2) is 13.1 Å². The molecule has 26 heavy (non-hydrogen) atoms. The number of sulfonamides is 1. The summed E-state index contributed by atoms with van der Waals surface area (Å²) in [4.78, 5) is 12.8. The average molecular weight is 378 g/mol. The zero-order chi connectivity index (χ0) is 18.1. The van der Waals surface area contributed by atoms with Gasteiger partial charge in [0.2, 0.25) is 15.9 Å². The smallest absolute Gasteiger partial charge is 0.241 e. The molecule has 0 radical (unpaired) electrons. The number of carbonyl (C=O) groups is 1. The van der Waals surface area contributed by atoms with Crippen LogP contribution in [0.15, 0.2) is 29.2 Å². The first-order valence-electron chi connectivity index (χ1n) is 9.68. The Morgan fingerprint density at radius 2 is 1.81 bits per heavy atom. The molecule has 1 amide bonds. The summed E-state index contributed by atoms with van der Waals surface area (Å²) in [6, 6.07) is 6.74. The Bertz CT molecular complexity index is 745. The van der Waals surface area contributed by atoms with Crippen LogP contribution >= 0.6 is 0 Å². The van der Waals surface area contributed by atoms with Gasteiger partial charge in [-0.3, -0.25) is 4.79 Å². The number of rotatable bonds is 6. The van der Waals surface area contributed by atoms with Crippen LogP contribution in [0.1, 0.15) is 44.9 Å². The molecule has 0 bridgehead atoms. The second-order valence-electron chi connectivity index (χ2n) is 7.91. The van der Waals surface area contributed by atoms with Crippen LogP contribution in [0, 0.1) is 11.8 Å². The maximum absolute atomic E-state index is 12.5. The Hall–Kier alpha value is -1.44. The predicted octanol–water partition coefficient (Wildman–Crippen LogP) is 2.23. The summed E-state index contributed by atoms with van der Waals surface area (Å²) < 4.78 is 27.1. The lowest BCUT2D eigenvalue weighted by Gasteiger charge is -2.24. The first-order chi connectivity index (χ1) is 12.5. The highest BCUT2D eigenvalue weighted by Gasteiger charge is 2.38. The van der Waals surface area contributed by atoms with E-state index in [2.05, 4.69) is 15.4 Å². The van der Waals surface area contributed by atoms with Gasteiger partial charge in [-0.15, -0.1) is 0 Å². The lowest BCUT2D eigenvalue weighted by atomic mass is 9.85. The molecule has 2 saturated carbocycles. The fourth-order valence-corrected chi connectivity index (χ4v) is 5.22. The summed E-state index contributed by atoms with van der Waals surface area (Å²) >= 11 is 0. The summed E-state index contributed by atoms with van der Waals surface area (Å²) in [6.07, 6.45) is 7.98. The number of carbonyl (C=O) groups excluding carboxylic acids is 1. The van der Waals surface area contributed by atoms with E-state index in [1.807, 2.05) is 0 Å². The molecule has 1 heterocycles. The van der Waals surface area contributed by atoms with Crippen LogP contribution < -0.4 is 15.4 Å². The second kappa shape index (κ2) is 7.29. The van der Waals surface area contributed by atoms with Gasteiger partial charge < -0.3 is 10.6 Å². The lowest BCUT2D eigenvalue weighted by molar-refractivity contribution is -0.117. The Kier molecular flexibility index (Phi) is 5.03. The topological polar surface area (TPSA) is 87.3 Å². The molecule has 0 aromatic heterocycles. The van der Waals surface area contributed by atoms with E-state index in [0.717, 1.165) is 25.7 Å². The molecule has 4 rings (SSSR count). The van der Waals surface area contributed by atoms with Crippen LogP contribution in [-0.4, -0.2) is 33.0 Å². The van der Waals surface area contributed by atoms with Gasteiger partial charge in [-0.05, 0) is 68.2 Å². The highest BCUT2D eigenvalue weighted by molar-refractivity contribution is 7.89. The van der Waals surface area contributed by atoms with Crippen molar-refractivity contribution < 1.29 is 13.2 Å². The Morgan fingerprint density at radius 3 is 2.50 bits per heavy atom. The molecule has 3 unspecified atom stereocenters. The summed E-state index contributed by atoms with van der Waals surface area (Å²) in [6.45, 7) is 0.510. The van der Waals surface area contributed by atoms with Gasteiger partial charge >= 0.3 is 0 Å². The van der Waals surface area contributed by atoms with E-state index >= 15 is 0 Å². The van der Waals surface area contributed by atoms with Crippen LogP contribution in [0.2, 0.25) is 0 Å². The standard InChI is InChI=1S/C19H27N3O3S/c23-19(18-11-14-3-1-2-4-17(14)22-18)21-15-7-9-16(10-8-15)26(24,25)20-12-13-5-6-13/h7-10,13-14,17-18,20,22H,1-6,11-12H2,(H,21,23). The third-order valence-corrected chi connectivity index (χ3v) is 7.31. The Labute approximate surface area is 155 Å². The molecule has 1 aromatic carbocycles. The molecular formula is C19H27N3O3S. The van der Waals surface area contributed by atoms with Crippen molar-refractivity contribution >= 4 is 21.6 Å². The molecule has 7 heteroatoms. The Morgan fingerprint density at radius 1 is 1.08 bits per heavy atom. The highest BCUT2D eigenvalue weighted by atomic mass is 32.2. The highest BCUT2D eigenvalue weighted by Crippen LogP contribution is 2.33. The molecule has 3 N–H and O–H groups in total. The molecule has 3 atom stereocenters. The minimum Gasteiger partial charge on any atom is -0.325 e. The molecule has 6 nitrogen and oxygen atoms in total. The maximum Gasteiger partial charge on any atom is 0.241 e. The summed E-state index contributed by atoms with van der Waals surface area (Å²) in [5.74, 6) is 1.08. The zero-order valence-electron chi connectivity index (χ0n) is 14.9. The number of anilines is 1. The van der Waals surface area contributed by atoms with Crippen LogP contribution in [0.4, 0.5) is 5.69 Å². The van der Waals surface area contributed by atoms with Crippen molar-refractivity contribution in [2.45, 2.75) is 61.9 Å². The third-order valence-electron chi connectivity index (χ3n) is 5.87. The van der Waals surface area contributed by atoms with Gasteiger partial charge in [-0.1, -0.05) is 12.8 Å². The number of benzene rings is 1. The lowest BCUT2D eigenvalue weighted by Crippen LogP contribution is -2.39. The molecular weight excluding hydrogens is 350 g/mol. The van der Waals surface area contributed by atoms with Crippen molar-refractivity contribution in [1.29, 1.82) is 0 Å². The van der Waals surface area contributed by atoms with E-state index in [-0.39, 0.29) is 16.8 Å². The fourth-order valence-electron chi connectivity index (χ4n) is 4.10. The van der Waals surface area contributed by atoms with E-state index in [9.17, 15) is 13.2 Å². The summed E-state index contributed by atoms with van der Waals surface area (Å²) in [5.41, 5.74) is 0.632. The quantitative estimate of drug-likeness (QED) is 0.709. The molecule has 3 aliphatic rings. The number of nitrogens with one attached hydrogen (secondary N) is 3. The average Bonchev–Trinajstić information content (AvgIpc) is 3.37. The molecule has 3 fully saturated rings. The van der Waals surface area contributed by atoms with Crippen molar-refractivity contribution in [2.75, 3.05) is 11.9 Å². The predicted molar refractivity (Wildman–Crippen MR) is 100 cm³/mol. The molecule has 142 valence electrons. The molecule has 1 aromatic rings. The fraction of sp³-hybridized carbons (Fsp3) is 0.632. The van der Waals surface area contributed by atoms with Gasteiger partial charge in [0.15, 0.2) is 0 Å². The second-order valence-corrected chi connectivity index (χ2v) is 9.68. The molecule has 2 aliphatic carbocycles. The minimum absolute atomic E-state index is 0.0261. The monoisotopic (exact) mass is 377 g/mol. The summed E-state index contributed by atoms with van der Waals surface area (Å²) in [5, 5.41) is 6.38. The zero-order valence-corrected chi connectivity index (χ0v) is 15.7. The van der Waals surface area contributed by atoms with E-state index in [0.29, 0.717) is 30.1 Å². The Balaban J connectivity index is 1.34. The van der Waals surface area contributed by atoms with E-state index < -0.39 is 10.0 Å². The van der Waals surface area contributed by atoms with E-state index in [4.69, 9.17) is 0 Å². The number of hydrogen-bond donors (Lipinski definition) is 3. The van der Waals surface area contributed by atoms with Gasteiger partial charge in [0, 0.05) is 18.3 Å². The van der Waals surface area contributed by atoms with Crippen molar-refractivity contribution in [1.82, 2.24) is 10.0 Å². The van der Waals surface area contributed by atoms with Gasteiger partial charge in [0.25, 0.3) is 0 Å². The van der Waals surface area contributed by atoms with Crippen molar-refractivity contribution in [3.63, 3.8) is 0 Å². The first-order valence-corrected chi connectivity index (χ1v) is 11.2. The normalized spacial score (nSPS) is 28.5. The number of fused-ring (bicyclic) bond motifs is 1. The van der Waals surface area contributed by atoms with Gasteiger partial charge in [0.05, 0.1) is 10.9 Å². The van der Waals surface area contributed by atoms with Crippen LogP contribution in [-0.2, 0) is 14.8 Å². The molecule has 1 saturated heterocycles. The maximum atomic E-state index is 12.5.